The zero-order chi connectivity index (χ0) is 26.9. The van der Waals surface area contributed by atoms with Crippen LogP contribution in [0.25, 0.3) is 0 Å². The van der Waals surface area contributed by atoms with Crippen LogP contribution in [-0.2, 0) is 6.61 Å². The number of carbonyl (C=O) groups is 2. The average molecular weight is 638 g/mol. The van der Waals surface area contributed by atoms with E-state index in [1.807, 2.05) is 30.3 Å². The van der Waals surface area contributed by atoms with Crippen molar-refractivity contribution in [2.45, 2.75) is 6.61 Å². The smallest absolute Gasteiger partial charge is 0.343 e. The first-order valence-corrected chi connectivity index (χ1v) is 13.0. The molecule has 0 aliphatic heterocycles. The fourth-order valence-electron chi connectivity index (χ4n) is 3.36. The van der Waals surface area contributed by atoms with E-state index in [0.717, 1.165) is 14.5 Å². The van der Waals surface area contributed by atoms with Gasteiger partial charge >= 0.3 is 5.97 Å². The van der Waals surface area contributed by atoms with Crippen LogP contribution in [0.3, 0.4) is 0 Å². The van der Waals surface area contributed by atoms with Crippen LogP contribution in [0.2, 0.25) is 0 Å². The van der Waals surface area contributed by atoms with Gasteiger partial charge in [-0.05, 0) is 66.2 Å². The number of benzene rings is 4. The summed E-state index contributed by atoms with van der Waals surface area (Å²) in [5.41, 5.74) is 4.65. The zero-order valence-electron chi connectivity index (χ0n) is 20.2. The standard InChI is InChI=1S/C29H22Br2N2O5/c1-36-24-11-7-20(8-12-24)29(35)38-26-13-9-22(30)15-21(26)17-32-33-28(34)25-16-23(31)10-14-27(25)37-18-19-5-3-2-4-6-19/h2-17H,18H2,1H3,(H,33,34). The second-order valence-electron chi connectivity index (χ2n) is 7.91. The minimum atomic E-state index is -0.539. The molecule has 0 fully saturated rings. The Hall–Kier alpha value is -3.95. The van der Waals surface area contributed by atoms with Gasteiger partial charge in [-0.1, -0.05) is 62.2 Å². The molecule has 1 N–H and O–H groups in total. The average Bonchev–Trinajstić information content (AvgIpc) is 2.94. The molecule has 0 aliphatic carbocycles. The number of methoxy groups -OCH3 is 1. The van der Waals surface area contributed by atoms with Crippen LogP contribution in [0.15, 0.2) is 105 Å². The molecule has 0 radical (unpaired) electrons. The molecule has 0 atom stereocenters. The molecule has 4 aromatic rings. The SMILES string of the molecule is COc1ccc(C(=O)Oc2ccc(Br)cc2C=NNC(=O)c2cc(Br)ccc2OCc2ccccc2)cc1. The van der Waals surface area contributed by atoms with Crippen molar-refractivity contribution in [3.8, 4) is 17.2 Å². The lowest BCUT2D eigenvalue weighted by Crippen LogP contribution is -2.19. The minimum Gasteiger partial charge on any atom is -0.497 e. The summed E-state index contributed by atoms with van der Waals surface area (Å²) in [6.45, 7) is 0.312. The molecule has 9 heteroatoms. The van der Waals surface area contributed by atoms with Gasteiger partial charge in [0.05, 0.1) is 24.5 Å². The lowest BCUT2D eigenvalue weighted by Gasteiger charge is -2.11. The third kappa shape index (κ3) is 7.30. The first kappa shape index (κ1) is 27.1. The Bertz CT molecular complexity index is 1460. The monoisotopic (exact) mass is 636 g/mol. The number of hydrogen-bond acceptors (Lipinski definition) is 6. The fraction of sp³-hybridized carbons (Fsp3) is 0.0690. The van der Waals surface area contributed by atoms with Gasteiger partial charge in [-0.2, -0.15) is 5.10 Å². The van der Waals surface area contributed by atoms with Crippen molar-refractivity contribution < 1.29 is 23.8 Å². The third-order valence-electron chi connectivity index (χ3n) is 5.29. The van der Waals surface area contributed by atoms with Gasteiger partial charge in [0.15, 0.2) is 0 Å². The maximum atomic E-state index is 13.0. The number of amides is 1. The van der Waals surface area contributed by atoms with Gasteiger partial charge in [0.2, 0.25) is 0 Å². The number of rotatable bonds is 9. The molecule has 38 heavy (non-hydrogen) atoms. The largest absolute Gasteiger partial charge is 0.497 e. The van der Waals surface area contributed by atoms with Crippen molar-refractivity contribution in [2.24, 2.45) is 5.10 Å². The van der Waals surface area contributed by atoms with Crippen molar-refractivity contribution in [2.75, 3.05) is 7.11 Å². The molecule has 0 aromatic heterocycles. The normalized spacial score (nSPS) is 10.7. The Morgan fingerprint density at radius 3 is 2.26 bits per heavy atom. The van der Waals surface area contributed by atoms with Crippen molar-refractivity contribution in [1.29, 1.82) is 0 Å². The molecule has 0 aliphatic rings. The number of carbonyl (C=O) groups excluding carboxylic acids is 2. The van der Waals surface area contributed by atoms with Crippen LogP contribution in [0, 0.1) is 0 Å². The molecular formula is C29H22Br2N2O5. The molecule has 1 amide bonds. The van der Waals surface area contributed by atoms with Gasteiger partial charge < -0.3 is 14.2 Å². The minimum absolute atomic E-state index is 0.279. The Morgan fingerprint density at radius 2 is 1.55 bits per heavy atom. The van der Waals surface area contributed by atoms with Gasteiger partial charge in [-0.25, -0.2) is 10.2 Å². The lowest BCUT2D eigenvalue weighted by atomic mass is 10.2. The van der Waals surface area contributed by atoms with Crippen molar-refractivity contribution >= 4 is 50.0 Å². The Balaban J connectivity index is 1.46. The number of halogens is 2. The maximum Gasteiger partial charge on any atom is 0.343 e. The van der Waals surface area contributed by atoms with Crippen LogP contribution in [0.1, 0.15) is 31.8 Å². The Kier molecular flexibility index (Phi) is 9.29. The third-order valence-corrected chi connectivity index (χ3v) is 6.28. The van der Waals surface area contributed by atoms with Gasteiger partial charge in [0, 0.05) is 14.5 Å². The fourth-order valence-corrected chi connectivity index (χ4v) is 4.10. The summed E-state index contributed by atoms with van der Waals surface area (Å²) in [6, 6.07) is 26.5. The van der Waals surface area contributed by atoms with Gasteiger partial charge in [0.1, 0.15) is 23.9 Å². The van der Waals surface area contributed by atoms with E-state index in [2.05, 4.69) is 42.4 Å². The van der Waals surface area contributed by atoms with E-state index in [4.69, 9.17) is 14.2 Å². The van der Waals surface area contributed by atoms with Crippen LogP contribution in [0.5, 0.6) is 17.2 Å². The highest BCUT2D eigenvalue weighted by Gasteiger charge is 2.15. The zero-order valence-corrected chi connectivity index (χ0v) is 23.4. The molecule has 0 heterocycles. The topological polar surface area (TPSA) is 86.2 Å². The molecule has 0 spiro atoms. The number of ether oxygens (including phenoxy) is 3. The Morgan fingerprint density at radius 1 is 0.868 bits per heavy atom. The maximum absolute atomic E-state index is 13.0. The summed E-state index contributed by atoms with van der Waals surface area (Å²) in [7, 11) is 1.55. The molecule has 0 unspecified atom stereocenters. The summed E-state index contributed by atoms with van der Waals surface area (Å²) in [5, 5.41) is 4.09. The van der Waals surface area contributed by atoms with Gasteiger partial charge in [-0.15, -0.1) is 0 Å². The highest BCUT2D eigenvalue weighted by molar-refractivity contribution is 9.10. The van der Waals surface area contributed by atoms with E-state index in [1.54, 1.807) is 67.8 Å². The van der Waals surface area contributed by atoms with E-state index in [-0.39, 0.29) is 5.75 Å². The number of hydrazone groups is 1. The van der Waals surface area contributed by atoms with Gasteiger partial charge in [0.25, 0.3) is 5.91 Å². The highest BCUT2D eigenvalue weighted by atomic mass is 79.9. The first-order valence-electron chi connectivity index (χ1n) is 11.4. The second kappa shape index (κ2) is 13.0. The number of nitrogens with one attached hydrogen (secondary N) is 1. The number of esters is 1. The van der Waals surface area contributed by atoms with Crippen LogP contribution in [0.4, 0.5) is 0 Å². The summed E-state index contributed by atoms with van der Waals surface area (Å²) < 4.78 is 18.1. The van der Waals surface area contributed by atoms with Crippen LogP contribution in [-0.4, -0.2) is 25.2 Å². The quantitative estimate of drug-likeness (QED) is 0.0946. The predicted octanol–water partition coefficient (Wildman–Crippen LogP) is 6.78. The molecule has 4 rings (SSSR count). The highest BCUT2D eigenvalue weighted by Crippen LogP contribution is 2.25. The summed E-state index contributed by atoms with van der Waals surface area (Å²) >= 11 is 6.81. The molecule has 0 bridgehead atoms. The Labute approximate surface area is 236 Å². The summed E-state index contributed by atoms with van der Waals surface area (Å²) in [5.74, 6) is 0.330. The molecule has 4 aromatic carbocycles. The lowest BCUT2D eigenvalue weighted by molar-refractivity contribution is 0.0734. The molecular weight excluding hydrogens is 616 g/mol. The van der Waals surface area contributed by atoms with Crippen LogP contribution < -0.4 is 19.6 Å². The van der Waals surface area contributed by atoms with E-state index in [0.29, 0.717) is 34.8 Å². The van der Waals surface area contributed by atoms with Crippen molar-refractivity contribution in [3.05, 3.63) is 122 Å². The number of hydrogen-bond donors (Lipinski definition) is 1. The first-order chi connectivity index (χ1) is 18.4. The molecule has 192 valence electrons. The van der Waals surface area contributed by atoms with E-state index in [9.17, 15) is 9.59 Å². The van der Waals surface area contributed by atoms with E-state index in [1.165, 1.54) is 6.21 Å². The molecule has 0 saturated carbocycles. The molecule has 7 nitrogen and oxygen atoms in total. The van der Waals surface area contributed by atoms with E-state index >= 15 is 0 Å². The summed E-state index contributed by atoms with van der Waals surface area (Å²) in [6.07, 6.45) is 1.40. The van der Waals surface area contributed by atoms with Crippen LogP contribution >= 0.6 is 31.9 Å². The molecule has 0 saturated heterocycles. The summed E-state index contributed by atoms with van der Waals surface area (Å²) in [4.78, 5) is 25.6. The van der Waals surface area contributed by atoms with Crippen molar-refractivity contribution in [1.82, 2.24) is 5.43 Å². The second-order valence-corrected chi connectivity index (χ2v) is 9.75. The van der Waals surface area contributed by atoms with E-state index < -0.39 is 11.9 Å². The van der Waals surface area contributed by atoms with Gasteiger partial charge in [-0.3, -0.25) is 4.79 Å². The predicted molar refractivity (Wildman–Crippen MR) is 152 cm³/mol. The number of nitrogens with zero attached hydrogens (tertiary/aromatic N) is 1. The van der Waals surface area contributed by atoms with Crippen molar-refractivity contribution in [3.63, 3.8) is 0 Å².